The second-order valence-corrected chi connectivity index (χ2v) is 6.90. The van der Waals surface area contributed by atoms with Crippen molar-refractivity contribution in [3.05, 3.63) is 0 Å². The highest BCUT2D eigenvalue weighted by Crippen LogP contribution is 2.42. The lowest BCUT2D eigenvalue weighted by atomic mass is 9.71. The predicted octanol–water partition coefficient (Wildman–Crippen LogP) is 2.87. The molecule has 3 aliphatic rings. The minimum absolute atomic E-state index is 0.189. The number of hydrogen-bond donors (Lipinski definition) is 1. The fraction of sp³-hybridized carbons (Fsp3) is 1.00. The van der Waals surface area contributed by atoms with E-state index in [4.69, 9.17) is 15.2 Å². The van der Waals surface area contributed by atoms with Gasteiger partial charge in [0.25, 0.3) is 0 Å². The van der Waals surface area contributed by atoms with Crippen LogP contribution in [-0.4, -0.2) is 31.5 Å². The van der Waals surface area contributed by atoms with Crippen molar-refractivity contribution in [2.24, 2.45) is 17.6 Å². The van der Waals surface area contributed by atoms with Crippen LogP contribution in [0.1, 0.15) is 57.8 Å². The van der Waals surface area contributed by atoms with Crippen molar-refractivity contribution in [3.8, 4) is 0 Å². The van der Waals surface area contributed by atoms with Crippen molar-refractivity contribution in [2.75, 3.05) is 19.8 Å². The molecule has 2 aliphatic heterocycles. The zero-order valence-corrected chi connectivity index (χ0v) is 12.1. The maximum atomic E-state index is 6.58. The molecule has 2 N–H and O–H groups in total. The van der Waals surface area contributed by atoms with E-state index in [-0.39, 0.29) is 5.60 Å². The van der Waals surface area contributed by atoms with E-state index in [2.05, 4.69) is 0 Å². The van der Waals surface area contributed by atoms with Gasteiger partial charge in [-0.3, -0.25) is 0 Å². The van der Waals surface area contributed by atoms with E-state index < -0.39 is 0 Å². The summed E-state index contributed by atoms with van der Waals surface area (Å²) in [4.78, 5) is 0. The second-order valence-electron chi connectivity index (χ2n) is 6.90. The van der Waals surface area contributed by atoms with Gasteiger partial charge in [0.05, 0.1) is 12.2 Å². The van der Waals surface area contributed by atoms with Gasteiger partial charge in [0.2, 0.25) is 0 Å². The molecule has 3 unspecified atom stereocenters. The minimum Gasteiger partial charge on any atom is -0.381 e. The van der Waals surface area contributed by atoms with Gasteiger partial charge in [0, 0.05) is 19.3 Å². The van der Waals surface area contributed by atoms with Crippen molar-refractivity contribution < 1.29 is 9.47 Å². The Hall–Kier alpha value is -0.120. The highest BCUT2D eigenvalue weighted by atomic mass is 16.5. The zero-order valence-electron chi connectivity index (χ0n) is 12.1. The SMILES string of the molecule is NC(C1CCCOC1)C1CCOC2(CCCCC2)C1. The van der Waals surface area contributed by atoms with Crippen LogP contribution in [0.25, 0.3) is 0 Å². The van der Waals surface area contributed by atoms with E-state index in [9.17, 15) is 0 Å². The number of hydrogen-bond acceptors (Lipinski definition) is 3. The normalized spacial score (nSPS) is 37.1. The van der Waals surface area contributed by atoms with Gasteiger partial charge < -0.3 is 15.2 Å². The molecule has 110 valence electrons. The van der Waals surface area contributed by atoms with Crippen LogP contribution in [0.4, 0.5) is 0 Å². The molecule has 1 spiro atoms. The molecule has 0 aromatic rings. The summed E-state index contributed by atoms with van der Waals surface area (Å²) >= 11 is 0. The molecule has 1 aliphatic carbocycles. The third kappa shape index (κ3) is 3.14. The summed E-state index contributed by atoms with van der Waals surface area (Å²) < 4.78 is 11.8. The zero-order chi connectivity index (χ0) is 13.1. The average Bonchev–Trinajstić information content (AvgIpc) is 2.48. The highest BCUT2D eigenvalue weighted by molar-refractivity contribution is 4.94. The molecule has 0 aromatic carbocycles. The standard InChI is InChI=1S/C16H29NO2/c17-15(14-5-4-9-18-12-14)13-6-10-19-16(11-13)7-2-1-3-8-16/h13-15H,1-12,17H2. The van der Waals surface area contributed by atoms with Gasteiger partial charge in [-0.1, -0.05) is 19.3 Å². The Morgan fingerprint density at radius 2 is 1.79 bits per heavy atom. The van der Waals surface area contributed by atoms with Gasteiger partial charge in [-0.25, -0.2) is 0 Å². The molecule has 3 fully saturated rings. The average molecular weight is 267 g/mol. The number of ether oxygens (including phenoxy) is 2. The Balaban J connectivity index is 1.60. The van der Waals surface area contributed by atoms with Gasteiger partial charge in [-0.2, -0.15) is 0 Å². The Bertz CT molecular complexity index is 277. The topological polar surface area (TPSA) is 44.5 Å². The highest BCUT2D eigenvalue weighted by Gasteiger charge is 2.41. The molecule has 0 radical (unpaired) electrons. The van der Waals surface area contributed by atoms with E-state index in [1.165, 1.54) is 51.4 Å². The second kappa shape index (κ2) is 6.11. The van der Waals surface area contributed by atoms with Crippen LogP contribution in [0.2, 0.25) is 0 Å². The Morgan fingerprint density at radius 1 is 0.947 bits per heavy atom. The molecule has 0 amide bonds. The predicted molar refractivity (Wildman–Crippen MR) is 76.0 cm³/mol. The molecular formula is C16H29NO2. The minimum atomic E-state index is 0.189. The first-order valence-corrected chi connectivity index (χ1v) is 8.26. The van der Waals surface area contributed by atoms with E-state index in [0.717, 1.165) is 26.2 Å². The molecule has 1 saturated carbocycles. The van der Waals surface area contributed by atoms with Crippen molar-refractivity contribution >= 4 is 0 Å². The van der Waals surface area contributed by atoms with Crippen molar-refractivity contribution in [3.63, 3.8) is 0 Å². The van der Waals surface area contributed by atoms with Gasteiger partial charge in [-0.05, 0) is 50.4 Å². The third-order valence-corrected chi connectivity index (χ3v) is 5.58. The maximum Gasteiger partial charge on any atom is 0.0685 e. The van der Waals surface area contributed by atoms with Crippen LogP contribution in [0.15, 0.2) is 0 Å². The molecule has 3 rings (SSSR count). The molecule has 3 nitrogen and oxygen atoms in total. The molecule has 19 heavy (non-hydrogen) atoms. The first-order chi connectivity index (χ1) is 9.29. The summed E-state index contributed by atoms with van der Waals surface area (Å²) in [5.41, 5.74) is 6.77. The van der Waals surface area contributed by atoms with Crippen LogP contribution < -0.4 is 5.73 Å². The van der Waals surface area contributed by atoms with Gasteiger partial charge in [-0.15, -0.1) is 0 Å². The smallest absolute Gasteiger partial charge is 0.0685 e. The molecule has 0 aromatic heterocycles. The molecule has 2 saturated heterocycles. The summed E-state index contributed by atoms with van der Waals surface area (Å²) in [6, 6.07) is 0.322. The summed E-state index contributed by atoms with van der Waals surface area (Å²) in [5, 5.41) is 0. The van der Waals surface area contributed by atoms with E-state index in [0.29, 0.717) is 17.9 Å². The summed E-state index contributed by atoms with van der Waals surface area (Å²) in [7, 11) is 0. The molecule has 3 atom stereocenters. The number of rotatable bonds is 2. The van der Waals surface area contributed by atoms with E-state index in [1.807, 2.05) is 0 Å². The van der Waals surface area contributed by atoms with Crippen LogP contribution in [0.3, 0.4) is 0 Å². The first kappa shape index (κ1) is 13.8. The van der Waals surface area contributed by atoms with Crippen LogP contribution in [0, 0.1) is 11.8 Å². The van der Waals surface area contributed by atoms with Crippen molar-refractivity contribution in [2.45, 2.75) is 69.4 Å². The van der Waals surface area contributed by atoms with Gasteiger partial charge >= 0.3 is 0 Å². The quantitative estimate of drug-likeness (QED) is 0.836. The number of nitrogens with two attached hydrogens (primary N) is 1. The van der Waals surface area contributed by atoms with E-state index in [1.54, 1.807) is 0 Å². The monoisotopic (exact) mass is 267 g/mol. The maximum absolute atomic E-state index is 6.58. The lowest BCUT2D eigenvalue weighted by Gasteiger charge is -2.46. The van der Waals surface area contributed by atoms with Crippen LogP contribution >= 0.6 is 0 Å². The van der Waals surface area contributed by atoms with Crippen LogP contribution in [0.5, 0.6) is 0 Å². The molecular weight excluding hydrogens is 238 g/mol. The lowest BCUT2D eigenvalue weighted by Crippen LogP contribution is -2.49. The first-order valence-electron chi connectivity index (χ1n) is 8.26. The largest absolute Gasteiger partial charge is 0.381 e. The fourth-order valence-corrected chi connectivity index (χ4v) is 4.39. The van der Waals surface area contributed by atoms with Gasteiger partial charge in [0.1, 0.15) is 0 Å². The summed E-state index contributed by atoms with van der Waals surface area (Å²) in [6.07, 6.45) is 11.4. The summed E-state index contributed by atoms with van der Waals surface area (Å²) in [5.74, 6) is 1.23. The lowest BCUT2D eigenvalue weighted by molar-refractivity contribution is -0.124. The fourth-order valence-electron chi connectivity index (χ4n) is 4.39. The van der Waals surface area contributed by atoms with Crippen molar-refractivity contribution in [1.29, 1.82) is 0 Å². The Labute approximate surface area is 117 Å². The third-order valence-electron chi connectivity index (χ3n) is 5.58. The molecule has 3 heteroatoms. The molecule has 2 heterocycles. The Morgan fingerprint density at radius 3 is 2.53 bits per heavy atom. The molecule has 0 bridgehead atoms. The van der Waals surface area contributed by atoms with Gasteiger partial charge in [0.15, 0.2) is 0 Å². The van der Waals surface area contributed by atoms with Crippen molar-refractivity contribution in [1.82, 2.24) is 0 Å². The Kier molecular flexibility index (Phi) is 4.45. The summed E-state index contributed by atoms with van der Waals surface area (Å²) in [6.45, 7) is 2.73. The van der Waals surface area contributed by atoms with Crippen LogP contribution in [-0.2, 0) is 9.47 Å². The van der Waals surface area contributed by atoms with E-state index >= 15 is 0 Å².